The van der Waals surface area contributed by atoms with Crippen LogP contribution >= 0.6 is 0 Å². The molecule has 1 amide bonds. The molecule has 2 rings (SSSR count). The largest absolute Gasteiger partial charge is 0.336 e. The van der Waals surface area contributed by atoms with Gasteiger partial charge in [0.2, 0.25) is 5.91 Å². The minimum Gasteiger partial charge on any atom is -0.336 e. The van der Waals surface area contributed by atoms with Crippen LogP contribution in [0.4, 0.5) is 0 Å². The van der Waals surface area contributed by atoms with Gasteiger partial charge in [-0.2, -0.15) is 0 Å². The molecule has 0 saturated heterocycles. The van der Waals surface area contributed by atoms with Crippen molar-refractivity contribution in [2.45, 2.75) is 25.6 Å². The van der Waals surface area contributed by atoms with E-state index in [9.17, 15) is 13.2 Å². The molecule has 1 aromatic heterocycles. The number of hydrogen-bond acceptors (Lipinski definition) is 4. The van der Waals surface area contributed by atoms with Crippen LogP contribution in [0, 0.1) is 0 Å². The van der Waals surface area contributed by atoms with Crippen LogP contribution in [-0.2, 0) is 21.2 Å². The molecule has 22 heavy (non-hydrogen) atoms. The maximum atomic E-state index is 12.3. The number of hydrogen-bond donors (Lipinski definition) is 0. The Bertz CT molecular complexity index is 787. The molecule has 0 aliphatic rings. The first-order valence-electron chi connectivity index (χ1n) is 7.15. The minimum absolute atomic E-state index is 0.306. The average Bonchev–Trinajstić information content (AvgIpc) is 2.50. The van der Waals surface area contributed by atoms with Crippen LogP contribution in [0.5, 0.6) is 0 Å². The highest BCUT2D eigenvalue weighted by Gasteiger charge is 2.27. The number of nitrogens with zero attached hydrogens (tertiary/aromatic N) is 2. The number of sulfone groups is 1. The standard InChI is InChI=1S/C16H20N2O3S/c1-4-18(16(19)12(2)22(3,20)21)11-14-10-9-13-7-5-6-8-15(13)17-14/h5-10,12H,4,11H2,1-3H3/t12-/m1/s1. The Kier molecular flexibility index (Phi) is 4.81. The van der Waals surface area contributed by atoms with Gasteiger partial charge < -0.3 is 4.90 Å². The van der Waals surface area contributed by atoms with E-state index >= 15 is 0 Å². The lowest BCUT2D eigenvalue weighted by molar-refractivity contribution is -0.130. The van der Waals surface area contributed by atoms with E-state index in [1.807, 2.05) is 43.3 Å². The zero-order chi connectivity index (χ0) is 16.3. The lowest BCUT2D eigenvalue weighted by Gasteiger charge is -2.23. The maximum Gasteiger partial charge on any atom is 0.240 e. The molecule has 6 heteroatoms. The van der Waals surface area contributed by atoms with Gasteiger partial charge in [-0.3, -0.25) is 9.78 Å². The first-order valence-corrected chi connectivity index (χ1v) is 9.10. The molecule has 2 aromatic rings. The van der Waals surface area contributed by atoms with E-state index in [2.05, 4.69) is 4.98 Å². The van der Waals surface area contributed by atoms with Crippen molar-refractivity contribution in [2.24, 2.45) is 0 Å². The van der Waals surface area contributed by atoms with Crippen LogP contribution in [-0.4, -0.2) is 42.3 Å². The van der Waals surface area contributed by atoms with Crippen molar-refractivity contribution in [1.29, 1.82) is 0 Å². The van der Waals surface area contributed by atoms with Crippen LogP contribution in [0.25, 0.3) is 10.9 Å². The zero-order valence-electron chi connectivity index (χ0n) is 13.0. The van der Waals surface area contributed by atoms with Gasteiger partial charge in [0, 0.05) is 18.2 Å². The summed E-state index contributed by atoms with van der Waals surface area (Å²) in [5, 5.41) is -0.00182. The second kappa shape index (κ2) is 6.44. The molecule has 0 aliphatic heterocycles. The molecule has 0 aliphatic carbocycles. The molecule has 0 bridgehead atoms. The second-order valence-corrected chi connectivity index (χ2v) is 7.69. The van der Waals surface area contributed by atoms with Gasteiger partial charge in [-0.25, -0.2) is 8.42 Å². The lowest BCUT2D eigenvalue weighted by atomic mass is 10.2. The summed E-state index contributed by atoms with van der Waals surface area (Å²) in [5.74, 6) is -0.389. The Morgan fingerprint density at radius 3 is 2.55 bits per heavy atom. The molecule has 0 spiro atoms. The summed E-state index contributed by atoms with van der Waals surface area (Å²) in [5.41, 5.74) is 1.61. The van der Waals surface area contributed by atoms with Crippen molar-refractivity contribution in [2.75, 3.05) is 12.8 Å². The highest BCUT2D eigenvalue weighted by molar-refractivity contribution is 7.92. The van der Waals surface area contributed by atoms with E-state index < -0.39 is 15.1 Å². The molecule has 1 atom stereocenters. The number of fused-ring (bicyclic) bond motifs is 1. The van der Waals surface area contributed by atoms with Gasteiger partial charge in [-0.15, -0.1) is 0 Å². The third-order valence-corrected chi connectivity index (χ3v) is 5.18. The number of para-hydroxylation sites is 1. The Morgan fingerprint density at radius 1 is 1.23 bits per heavy atom. The normalized spacial score (nSPS) is 13.0. The summed E-state index contributed by atoms with van der Waals surface area (Å²) in [6, 6.07) is 11.6. The Labute approximate surface area is 130 Å². The lowest BCUT2D eigenvalue weighted by Crippen LogP contribution is -2.40. The number of rotatable bonds is 5. The molecular weight excluding hydrogens is 300 g/mol. The minimum atomic E-state index is -3.40. The summed E-state index contributed by atoms with van der Waals surface area (Å²) in [6.45, 7) is 4.00. The predicted molar refractivity (Wildman–Crippen MR) is 87.1 cm³/mol. The van der Waals surface area contributed by atoms with Crippen molar-refractivity contribution in [3.63, 3.8) is 0 Å². The van der Waals surface area contributed by atoms with Crippen molar-refractivity contribution in [3.8, 4) is 0 Å². The number of aromatic nitrogens is 1. The number of amides is 1. The first-order chi connectivity index (χ1) is 10.3. The molecule has 0 unspecified atom stereocenters. The second-order valence-electron chi connectivity index (χ2n) is 5.32. The van der Waals surface area contributed by atoms with Crippen LogP contribution in [0.15, 0.2) is 36.4 Å². The summed E-state index contributed by atoms with van der Waals surface area (Å²) in [4.78, 5) is 18.3. The van der Waals surface area contributed by atoms with Gasteiger partial charge >= 0.3 is 0 Å². The highest BCUT2D eigenvalue weighted by Crippen LogP contribution is 2.14. The van der Waals surface area contributed by atoms with Crippen LogP contribution in [0.1, 0.15) is 19.5 Å². The molecule has 5 nitrogen and oxygen atoms in total. The topological polar surface area (TPSA) is 67.3 Å². The Morgan fingerprint density at radius 2 is 1.91 bits per heavy atom. The Balaban J connectivity index is 2.23. The van der Waals surface area contributed by atoms with Crippen molar-refractivity contribution < 1.29 is 13.2 Å². The van der Waals surface area contributed by atoms with Gasteiger partial charge in [0.05, 0.1) is 17.8 Å². The monoisotopic (exact) mass is 320 g/mol. The molecule has 118 valence electrons. The van der Waals surface area contributed by atoms with Crippen molar-refractivity contribution >= 4 is 26.6 Å². The van der Waals surface area contributed by atoms with Crippen molar-refractivity contribution in [1.82, 2.24) is 9.88 Å². The maximum absolute atomic E-state index is 12.3. The quantitative estimate of drug-likeness (QED) is 0.845. The predicted octanol–water partition coefficient (Wildman–Crippen LogP) is 2.02. The van der Waals surface area contributed by atoms with E-state index in [-0.39, 0.29) is 5.91 Å². The SMILES string of the molecule is CCN(Cc1ccc2ccccc2n1)C(=O)[C@@H](C)S(C)(=O)=O. The third-order valence-electron chi connectivity index (χ3n) is 3.69. The van der Waals surface area contributed by atoms with Crippen LogP contribution < -0.4 is 0 Å². The number of carbonyl (C=O) groups is 1. The number of pyridine rings is 1. The van der Waals surface area contributed by atoms with Gasteiger partial charge in [0.15, 0.2) is 9.84 Å². The van der Waals surface area contributed by atoms with Crippen LogP contribution in [0.2, 0.25) is 0 Å². The fourth-order valence-electron chi connectivity index (χ4n) is 2.18. The third kappa shape index (κ3) is 3.62. The summed E-state index contributed by atoms with van der Waals surface area (Å²) in [6.07, 6.45) is 1.08. The van der Waals surface area contributed by atoms with E-state index in [0.717, 1.165) is 22.9 Å². The fourth-order valence-corrected chi connectivity index (χ4v) is 2.69. The summed E-state index contributed by atoms with van der Waals surface area (Å²) < 4.78 is 23.1. The first kappa shape index (κ1) is 16.4. The van der Waals surface area contributed by atoms with Crippen molar-refractivity contribution in [3.05, 3.63) is 42.1 Å². The molecule has 0 saturated carbocycles. The smallest absolute Gasteiger partial charge is 0.240 e. The van der Waals surface area contributed by atoms with E-state index in [1.54, 1.807) is 0 Å². The summed E-state index contributed by atoms with van der Waals surface area (Å²) in [7, 11) is -3.40. The molecule has 0 fully saturated rings. The van der Waals surface area contributed by atoms with E-state index in [0.29, 0.717) is 13.1 Å². The molecule has 1 aromatic carbocycles. The van der Waals surface area contributed by atoms with Gasteiger partial charge in [-0.05, 0) is 26.0 Å². The fraction of sp³-hybridized carbons (Fsp3) is 0.375. The molecular formula is C16H20N2O3S. The molecule has 0 radical (unpaired) electrons. The van der Waals surface area contributed by atoms with Gasteiger partial charge in [0.25, 0.3) is 0 Å². The molecule has 1 heterocycles. The Hall–Kier alpha value is -1.95. The number of benzene rings is 1. The van der Waals surface area contributed by atoms with E-state index in [4.69, 9.17) is 0 Å². The molecule has 0 N–H and O–H groups in total. The van der Waals surface area contributed by atoms with Crippen LogP contribution in [0.3, 0.4) is 0 Å². The van der Waals surface area contributed by atoms with Gasteiger partial charge in [-0.1, -0.05) is 24.3 Å². The average molecular weight is 320 g/mol. The number of carbonyl (C=O) groups excluding carboxylic acids is 1. The highest BCUT2D eigenvalue weighted by atomic mass is 32.2. The summed E-state index contributed by atoms with van der Waals surface area (Å²) >= 11 is 0. The zero-order valence-corrected chi connectivity index (χ0v) is 13.8. The van der Waals surface area contributed by atoms with Gasteiger partial charge in [0.1, 0.15) is 5.25 Å². The van der Waals surface area contributed by atoms with E-state index in [1.165, 1.54) is 11.8 Å².